The predicted octanol–water partition coefficient (Wildman–Crippen LogP) is 5.87. The number of nitrogens with zero attached hydrogens (tertiary/aromatic N) is 1. The van der Waals surface area contributed by atoms with Crippen molar-refractivity contribution in [3.8, 4) is 11.8 Å². The first kappa shape index (κ1) is 20.5. The summed E-state index contributed by atoms with van der Waals surface area (Å²) in [5.41, 5.74) is 2.70. The Morgan fingerprint density at radius 2 is 2.10 bits per heavy atom. The van der Waals surface area contributed by atoms with Gasteiger partial charge in [0.15, 0.2) is 0 Å². The van der Waals surface area contributed by atoms with Crippen molar-refractivity contribution < 1.29 is 10.2 Å². The SMILES string of the molecule is C=CC12CCc3cc(O)ccc3C1C(CCCCCC#N)CC1(C)C(O)CCC12. The summed E-state index contributed by atoms with van der Waals surface area (Å²) >= 11 is 0. The molecule has 156 valence electrons. The fraction of sp³-hybridized carbons (Fsp3) is 0.654. The summed E-state index contributed by atoms with van der Waals surface area (Å²) in [6, 6.07) is 8.22. The van der Waals surface area contributed by atoms with Gasteiger partial charge in [-0.3, -0.25) is 0 Å². The average Bonchev–Trinajstić information content (AvgIpc) is 3.02. The van der Waals surface area contributed by atoms with E-state index >= 15 is 0 Å². The molecule has 3 nitrogen and oxygen atoms in total. The second kappa shape index (κ2) is 7.80. The molecular weight excluding hydrogens is 358 g/mol. The number of unbranched alkanes of at least 4 members (excludes halogenated alkanes) is 3. The van der Waals surface area contributed by atoms with Crippen molar-refractivity contribution in [1.29, 1.82) is 5.26 Å². The first-order chi connectivity index (χ1) is 14.0. The number of fused-ring (bicyclic) bond motifs is 5. The molecule has 0 saturated heterocycles. The van der Waals surface area contributed by atoms with Crippen molar-refractivity contribution in [2.24, 2.45) is 22.7 Å². The summed E-state index contributed by atoms with van der Waals surface area (Å²) in [5.74, 6) is 1.76. The molecule has 6 unspecified atom stereocenters. The van der Waals surface area contributed by atoms with Crippen LogP contribution in [0.2, 0.25) is 0 Å². The highest BCUT2D eigenvalue weighted by molar-refractivity contribution is 5.43. The minimum absolute atomic E-state index is 0.0313. The molecule has 0 heterocycles. The zero-order valence-corrected chi connectivity index (χ0v) is 17.7. The maximum Gasteiger partial charge on any atom is 0.115 e. The summed E-state index contributed by atoms with van der Waals surface area (Å²) in [6.45, 7) is 6.68. The molecule has 29 heavy (non-hydrogen) atoms. The number of allylic oxidation sites excluding steroid dienone is 1. The summed E-state index contributed by atoms with van der Waals surface area (Å²) < 4.78 is 0. The Kier molecular flexibility index (Phi) is 5.51. The van der Waals surface area contributed by atoms with Crippen LogP contribution in [0.5, 0.6) is 5.75 Å². The van der Waals surface area contributed by atoms with E-state index in [0.717, 1.165) is 57.8 Å². The lowest BCUT2D eigenvalue weighted by Crippen LogP contribution is -2.54. The third-order valence-corrected chi connectivity index (χ3v) is 8.72. The van der Waals surface area contributed by atoms with E-state index in [-0.39, 0.29) is 16.9 Å². The predicted molar refractivity (Wildman–Crippen MR) is 115 cm³/mol. The normalized spacial score (nSPS) is 37.8. The van der Waals surface area contributed by atoms with Crippen LogP contribution >= 0.6 is 0 Å². The highest BCUT2D eigenvalue weighted by atomic mass is 16.3. The highest BCUT2D eigenvalue weighted by Crippen LogP contribution is 2.69. The fourth-order valence-corrected chi connectivity index (χ4v) is 7.48. The van der Waals surface area contributed by atoms with Gasteiger partial charge in [-0.1, -0.05) is 31.9 Å². The quantitative estimate of drug-likeness (QED) is 0.469. The van der Waals surface area contributed by atoms with Crippen LogP contribution in [-0.2, 0) is 6.42 Å². The number of rotatable bonds is 6. The molecule has 6 atom stereocenters. The van der Waals surface area contributed by atoms with Crippen molar-refractivity contribution in [2.75, 3.05) is 0 Å². The lowest BCUT2D eigenvalue weighted by Gasteiger charge is -2.60. The molecule has 1 aromatic rings. The van der Waals surface area contributed by atoms with Gasteiger partial charge in [-0.2, -0.15) is 5.26 Å². The van der Waals surface area contributed by atoms with Crippen molar-refractivity contribution in [1.82, 2.24) is 0 Å². The molecule has 0 amide bonds. The van der Waals surface area contributed by atoms with Crippen LogP contribution in [-0.4, -0.2) is 16.3 Å². The van der Waals surface area contributed by atoms with Crippen LogP contribution in [0.4, 0.5) is 0 Å². The second-order valence-electron chi connectivity index (χ2n) is 10.1. The molecule has 3 aliphatic carbocycles. The number of aryl methyl sites for hydroxylation is 1. The summed E-state index contributed by atoms with van der Waals surface area (Å²) in [7, 11) is 0. The Morgan fingerprint density at radius 3 is 2.86 bits per heavy atom. The number of hydrogen-bond donors (Lipinski definition) is 2. The standard InChI is InChI=1S/C26H35NO2/c1-3-26-14-13-18-16-20(28)9-10-21(18)24(26)19(8-6-4-5-7-15-27)17-25(2)22(26)11-12-23(25)29/h3,9-10,16,19,22-24,28-29H,1,4-8,11-14,17H2,2H3. The van der Waals surface area contributed by atoms with Gasteiger partial charge in [-0.05, 0) is 96.8 Å². The minimum atomic E-state index is -0.215. The van der Waals surface area contributed by atoms with Gasteiger partial charge in [0.05, 0.1) is 12.2 Å². The van der Waals surface area contributed by atoms with Crippen LogP contribution < -0.4 is 0 Å². The summed E-state index contributed by atoms with van der Waals surface area (Å²) in [6.07, 6.45) is 12.1. The molecule has 2 fully saturated rings. The molecule has 0 radical (unpaired) electrons. The molecule has 0 aromatic heterocycles. The first-order valence-electron chi connectivity index (χ1n) is 11.5. The number of nitriles is 1. The van der Waals surface area contributed by atoms with Crippen LogP contribution in [0.25, 0.3) is 0 Å². The highest BCUT2D eigenvalue weighted by Gasteiger charge is 2.63. The van der Waals surface area contributed by atoms with E-state index in [9.17, 15) is 10.2 Å². The van der Waals surface area contributed by atoms with Gasteiger partial charge in [-0.15, -0.1) is 6.58 Å². The Hall–Kier alpha value is -1.79. The summed E-state index contributed by atoms with van der Waals surface area (Å²) in [4.78, 5) is 0. The Bertz CT molecular complexity index is 811. The van der Waals surface area contributed by atoms with E-state index < -0.39 is 0 Å². The van der Waals surface area contributed by atoms with Gasteiger partial charge in [-0.25, -0.2) is 0 Å². The van der Waals surface area contributed by atoms with E-state index in [1.54, 1.807) is 0 Å². The van der Waals surface area contributed by atoms with Gasteiger partial charge >= 0.3 is 0 Å². The van der Waals surface area contributed by atoms with Crippen molar-refractivity contribution in [3.05, 3.63) is 42.0 Å². The first-order valence-corrected chi connectivity index (χ1v) is 11.5. The number of aromatic hydroxyl groups is 1. The molecule has 0 aliphatic heterocycles. The van der Waals surface area contributed by atoms with E-state index in [1.165, 1.54) is 11.1 Å². The smallest absolute Gasteiger partial charge is 0.115 e. The van der Waals surface area contributed by atoms with Gasteiger partial charge in [0.25, 0.3) is 0 Å². The van der Waals surface area contributed by atoms with Crippen LogP contribution in [0.1, 0.15) is 81.8 Å². The molecule has 2 saturated carbocycles. The van der Waals surface area contributed by atoms with Crippen molar-refractivity contribution in [3.63, 3.8) is 0 Å². The fourth-order valence-electron chi connectivity index (χ4n) is 7.48. The lowest BCUT2D eigenvalue weighted by molar-refractivity contribution is -0.0812. The Balaban J connectivity index is 1.72. The van der Waals surface area contributed by atoms with E-state index in [4.69, 9.17) is 5.26 Å². The van der Waals surface area contributed by atoms with Crippen LogP contribution in [0.15, 0.2) is 30.9 Å². The molecular formula is C26H35NO2. The number of hydrogen-bond acceptors (Lipinski definition) is 3. The maximum atomic E-state index is 11.0. The topological polar surface area (TPSA) is 64.2 Å². The number of aliphatic hydroxyl groups excluding tert-OH is 1. The van der Waals surface area contributed by atoms with Crippen molar-refractivity contribution in [2.45, 2.75) is 83.2 Å². The summed E-state index contributed by atoms with van der Waals surface area (Å²) in [5, 5.41) is 29.8. The monoisotopic (exact) mass is 393 g/mol. The number of phenolic OH excluding ortho intramolecular Hbond substituents is 1. The van der Waals surface area contributed by atoms with Crippen molar-refractivity contribution >= 4 is 0 Å². The number of benzene rings is 1. The van der Waals surface area contributed by atoms with Crippen LogP contribution in [0, 0.1) is 34.0 Å². The number of phenols is 1. The Labute approximate surface area is 175 Å². The second-order valence-corrected chi connectivity index (χ2v) is 10.1. The van der Waals surface area contributed by atoms with Gasteiger partial charge in [0.1, 0.15) is 5.75 Å². The van der Waals surface area contributed by atoms with E-state index in [0.29, 0.717) is 29.9 Å². The van der Waals surface area contributed by atoms with Gasteiger partial charge < -0.3 is 10.2 Å². The molecule has 0 spiro atoms. The molecule has 1 aromatic carbocycles. The van der Waals surface area contributed by atoms with E-state index in [1.807, 2.05) is 12.1 Å². The van der Waals surface area contributed by atoms with E-state index in [2.05, 4.69) is 31.7 Å². The number of aliphatic hydroxyl groups is 1. The molecule has 3 aliphatic rings. The zero-order valence-electron chi connectivity index (χ0n) is 17.7. The Morgan fingerprint density at radius 1 is 1.28 bits per heavy atom. The maximum absolute atomic E-state index is 11.0. The third-order valence-electron chi connectivity index (χ3n) is 8.72. The lowest BCUT2D eigenvalue weighted by atomic mass is 9.44. The largest absolute Gasteiger partial charge is 0.508 e. The molecule has 0 bridgehead atoms. The van der Waals surface area contributed by atoms with Gasteiger partial charge in [0.2, 0.25) is 0 Å². The third kappa shape index (κ3) is 3.21. The minimum Gasteiger partial charge on any atom is -0.508 e. The molecule has 2 N–H and O–H groups in total. The van der Waals surface area contributed by atoms with Crippen LogP contribution in [0.3, 0.4) is 0 Å². The molecule has 3 heteroatoms. The van der Waals surface area contributed by atoms with Gasteiger partial charge in [0, 0.05) is 6.42 Å². The average molecular weight is 394 g/mol. The molecule has 4 rings (SSSR count). The zero-order chi connectivity index (χ0) is 20.6.